The van der Waals surface area contributed by atoms with Gasteiger partial charge in [-0.05, 0) is 43.9 Å². The summed E-state index contributed by atoms with van der Waals surface area (Å²) in [5.74, 6) is -0.272. The molecule has 0 unspecified atom stereocenters. The van der Waals surface area contributed by atoms with Crippen LogP contribution in [0.5, 0.6) is 0 Å². The van der Waals surface area contributed by atoms with Crippen LogP contribution in [-0.4, -0.2) is 42.8 Å². The Kier molecular flexibility index (Phi) is 4.31. The van der Waals surface area contributed by atoms with Gasteiger partial charge in [0.15, 0.2) is 0 Å². The van der Waals surface area contributed by atoms with Crippen LogP contribution in [0.1, 0.15) is 37.8 Å². The van der Waals surface area contributed by atoms with Crippen LogP contribution < -0.4 is 10.6 Å². The lowest BCUT2D eigenvalue weighted by molar-refractivity contribution is -0.134. The second kappa shape index (κ2) is 6.17. The average Bonchev–Trinajstić information content (AvgIpc) is 2.76. The van der Waals surface area contributed by atoms with E-state index in [0.29, 0.717) is 32.4 Å². The summed E-state index contributed by atoms with van der Waals surface area (Å²) in [5.41, 5.74) is 7.57. The van der Waals surface area contributed by atoms with Crippen LogP contribution in [0, 0.1) is 5.92 Å². The maximum atomic E-state index is 12.6. The van der Waals surface area contributed by atoms with Gasteiger partial charge in [0.1, 0.15) is 0 Å². The SMILES string of the molecule is CN1C(=O)C(C)(C)c2cc(CC(=O)N3CCC(C(N)=O)CC3)ccc21. The van der Waals surface area contributed by atoms with E-state index in [1.165, 1.54) is 0 Å². The number of amides is 3. The number of piperidine rings is 1. The topological polar surface area (TPSA) is 83.7 Å². The minimum atomic E-state index is -0.566. The second-order valence-electron chi connectivity index (χ2n) is 7.57. The standard InChI is InChI=1S/C19H25N3O3/c1-19(2)14-10-12(4-5-15(14)21(3)18(19)25)11-16(23)22-8-6-13(7-9-22)17(20)24/h4-5,10,13H,6-9,11H2,1-3H3,(H2,20,24). The molecule has 1 aromatic rings. The van der Waals surface area contributed by atoms with Gasteiger partial charge < -0.3 is 15.5 Å². The van der Waals surface area contributed by atoms with Crippen molar-refractivity contribution in [2.75, 3.05) is 25.0 Å². The van der Waals surface area contributed by atoms with Gasteiger partial charge in [0, 0.05) is 31.7 Å². The highest BCUT2D eigenvalue weighted by Crippen LogP contribution is 2.41. The number of nitrogens with two attached hydrogens (primary N) is 1. The van der Waals surface area contributed by atoms with Crippen molar-refractivity contribution in [2.24, 2.45) is 11.7 Å². The molecule has 1 fully saturated rings. The third-order valence-corrected chi connectivity index (χ3v) is 5.54. The molecule has 0 radical (unpaired) electrons. The van der Waals surface area contributed by atoms with Crippen LogP contribution in [-0.2, 0) is 26.2 Å². The number of rotatable bonds is 3. The smallest absolute Gasteiger partial charge is 0.236 e. The number of carbonyl (C=O) groups excluding carboxylic acids is 3. The van der Waals surface area contributed by atoms with Crippen molar-refractivity contribution >= 4 is 23.4 Å². The lowest BCUT2D eigenvalue weighted by Gasteiger charge is -2.30. The fourth-order valence-electron chi connectivity index (χ4n) is 3.83. The van der Waals surface area contributed by atoms with Crippen molar-refractivity contribution in [3.63, 3.8) is 0 Å². The number of anilines is 1. The number of hydrogen-bond acceptors (Lipinski definition) is 3. The highest BCUT2D eigenvalue weighted by Gasteiger charge is 2.42. The monoisotopic (exact) mass is 343 g/mol. The summed E-state index contributed by atoms with van der Waals surface area (Å²) >= 11 is 0. The number of fused-ring (bicyclic) bond motifs is 1. The first-order valence-corrected chi connectivity index (χ1v) is 8.70. The maximum Gasteiger partial charge on any atom is 0.236 e. The molecule has 0 bridgehead atoms. The Hall–Kier alpha value is -2.37. The van der Waals surface area contributed by atoms with E-state index in [1.54, 1.807) is 16.8 Å². The lowest BCUT2D eigenvalue weighted by atomic mass is 9.85. The van der Waals surface area contributed by atoms with Crippen LogP contribution >= 0.6 is 0 Å². The summed E-state index contributed by atoms with van der Waals surface area (Å²) in [4.78, 5) is 39.6. The van der Waals surface area contributed by atoms with Gasteiger partial charge in [0.05, 0.1) is 11.8 Å². The predicted octanol–water partition coefficient (Wildman–Crippen LogP) is 1.21. The summed E-state index contributed by atoms with van der Waals surface area (Å²) in [6.45, 7) is 4.98. The Morgan fingerprint density at radius 2 is 1.88 bits per heavy atom. The third-order valence-electron chi connectivity index (χ3n) is 5.54. The first-order valence-electron chi connectivity index (χ1n) is 8.70. The fraction of sp³-hybridized carbons (Fsp3) is 0.526. The number of hydrogen-bond donors (Lipinski definition) is 1. The van der Waals surface area contributed by atoms with Crippen LogP contribution in [0.25, 0.3) is 0 Å². The molecule has 6 heteroatoms. The minimum absolute atomic E-state index is 0.0540. The quantitative estimate of drug-likeness (QED) is 0.895. The van der Waals surface area contributed by atoms with E-state index in [-0.39, 0.29) is 23.6 Å². The summed E-state index contributed by atoms with van der Waals surface area (Å²) in [6, 6.07) is 5.81. The summed E-state index contributed by atoms with van der Waals surface area (Å²) < 4.78 is 0. The first-order chi connectivity index (χ1) is 11.7. The van der Waals surface area contributed by atoms with Crippen molar-refractivity contribution in [3.05, 3.63) is 29.3 Å². The van der Waals surface area contributed by atoms with Gasteiger partial charge in [-0.15, -0.1) is 0 Å². The molecule has 134 valence electrons. The van der Waals surface area contributed by atoms with Crippen LogP contribution in [0.15, 0.2) is 18.2 Å². The molecular weight excluding hydrogens is 318 g/mol. The minimum Gasteiger partial charge on any atom is -0.369 e. The third kappa shape index (κ3) is 3.01. The zero-order valence-electron chi connectivity index (χ0n) is 15.0. The Balaban J connectivity index is 1.71. The molecule has 3 amide bonds. The molecule has 0 spiro atoms. The normalized spacial score (nSPS) is 19.9. The molecule has 6 nitrogen and oxygen atoms in total. The van der Waals surface area contributed by atoms with Gasteiger partial charge >= 0.3 is 0 Å². The number of likely N-dealkylation sites (tertiary alicyclic amines) is 1. The zero-order valence-corrected chi connectivity index (χ0v) is 15.0. The van der Waals surface area contributed by atoms with E-state index < -0.39 is 5.41 Å². The first kappa shape index (κ1) is 17.5. The number of carbonyl (C=O) groups is 3. The van der Waals surface area contributed by atoms with Crippen molar-refractivity contribution in [1.82, 2.24) is 4.90 Å². The van der Waals surface area contributed by atoms with Gasteiger partial charge in [-0.25, -0.2) is 0 Å². The second-order valence-corrected chi connectivity index (χ2v) is 7.57. The van der Waals surface area contributed by atoms with Gasteiger partial charge in [0.25, 0.3) is 0 Å². The molecule has 1 aromatic carbocycles. The van der Waals surface area contributed by atoms with Gasteiger partial charge in [-0.1, -0.05) is 12.1 Å². The molecule has 2 heterocycles. The van der Waals surface area contributed by atoms with Gasteiger partial charge in [-0.3, -0.25) is 14.4 Å². The summed E-state index contributed by atoms with van der Waals surface area (Å²) in [7, 11) is 1.78. The molecule has 1 saturated heterocycles. The molecule has 0 saturated carbocycles. The van der Waals surface area contributed by atoms with Crippen molar-refractivity contribution < 1.29 is 14.4 Å². The molecule has 2 aliphatic rings. The summed E-state index contributed by atoms with van der Waals surface area (Å²) in [6.07, 6.45) is 1.58. The van der Waals surface area contributed by atoms with Gasteiger partial charge in [0.2, 0.25) is 17.7 Å². The van der Waals surface area contributed by atoms with E-state index in [0.717, 1.165) is 16.8 Å². The molecule has 2 aliphatic heterocycles. The highest BCUT2D eigenvalue weighted by molar-refractivity contribution is 6.07. The van der Waals surface area contributed by atoms with Crippen LogP contribution in [0.2, 0.25) is 0 Å². The van der Waals surface area contributed by atoms with E-state index in [4.69, 9.17) is 5.73 Å². The zero-order chi connectivity index (χ0) is 18.4. The van der Waals surface area contributed by atoms with Crippen LogP contribution in [0.4, 0.5) is 5.69 Å². The summed E-state index contributed by atoms with van der Waals surface area (Å²) in [5, 5.41) is 0. The Morgan fingerprint density at radius 3 is 2.48 bits per heavy atom. The highest BCUT2D eigenvalue weighted by atomic mass is 16.2. The Labute approximate surface area is 148 Å². The number of nitrogens with zero attached hydrogens (tertiary/aromatic N) is 2. The molecular formula is C19H25N3O3. The fourth-order valence-corrected chi connectivity index (χ4v) is 3.83. The average molecular weight is 343 g/mol. The number of likely N-dealkylation sites (N-methyl/N-ethyl adjacent to an activating group) is 1. The van der Waals surface area contributed by atoms with E-state index >= 15 is 0 Å². The lowest BCUT2D eigenvalue weighted by Crippen LogP contribution is -2.42. The molecule has 0 aromatic heterocycles. The van der Waals surface area contributed by atoms with E-state index in [1.807, 2.05) is 32.0 Å². The van der Waals surface area contributed by atoms with E-state index in [2.05, 4.69) is 0 Å². The predicted molar refractivity (Wildman–Crippen MR) is 95.1 cm³/mol. The number of benzene rings is 1. The number of primary amides is 1. The molecule has 2 N–H and O–H groups in total. The Bertz CT molecular complexity index is 733. The molecule has 0 atom stereocenters. The van der Waals surface area contributed by atoms with Crippen molar-refractivity contribution in [1.29, 1.82) is 0 Å². The van der Waals surface area contributed by atoms with E-state index in [9.17, 15) is 14.4 Å². The molecule has 0 aliphatic carbocycles. The van der Waals surface area contributed by atoms with Crippen LogP contribution in [0.3, 0.4) is 0 Å². The maximum absolute atomic E-state index is 12.6. The van der Waals surface area contributed by atoms with Crippen molar-refractivity contribution in [3.8, 4) is 0 Å². The Morgan fingerprint density at radius 1 is 1.24 bits per heavy atom. The van der Waals surface area contributed by atoms with Gasteiger partial charge in [-0.2, -0.15) is 0 Å². The molecule has 3 rings (SSSR count). The largest absolute Gasteiger partial charge is 0.369 e. The molecule has 25 heavy (non-hydrogen) atoms. The van der Waals surface area contributed by atoms with Crippen molar-refractivity contribution in [2.45, 2.75) is 38.5 Å².